The average Bonchev–Trinajstić information content (AvgIpc) is 2.80. The topological polar surface area (TPSA) is 97.1 Å². The molecule has 0 bridgehead atoms. The average molecular weight is 416 g/mol. The summed E-state index contributed by atoms with van der Waals surface area (Å²) in [4.78, 5) is 20.4. The second-order valence-corrected chi connectivity index (χ2v) is 6.97. The summed E-state index contributed by atoms with van der Waals surface area (Å²) in [6.07, 6.45) is 5.67. The second kappa shape index (κ2) is 10.7. The van der Waals surface area contributed by atoms with E-state index in [0.29, 0.717) is 17.1 Å². The molecule has 158 valence electrons. The Hall–Kier alpha value is -3.92. The molecule has 1 heterocycles. The van der Waals surface area contributed by atoms with Gasteiger partial charge in [0, 0.05) is 0 Å². The Labute approximate surface area is 181 Å². The number of carbonyl (C=O) groups excluding carboxylic acids is 1. The highest BCUT2D eigenvalue weighted by molar-refractivity contribution is 5.93. The minimum atomic E-state index is -0.233. The molecule has 0 spiro atoms. The number of aryl methyl sites for hydroxylation is 2. The molecular formula is C24H24N4O3. The normalized spacial score (nSPS) is 10.2. The molecule has 7 heteroatoms. The van der Waals surface area contributed by atoms with E-state index in [1.54, 1.807) is 14.2 Å². The maximum absolute atomic E-state index is 12.4. The molecule has 0 unspecified atom stereocenters. The first-order valence-corrected chi connectivity index (χ1v) is 9.92. The van der Waals surface area contributed by atoms with Crippen LogP contribution in [0.1, 0.15) is 28.9 Å². The molecule has 3 rings (SSSR count). The van der Waals surface area contributed by atoms with Gasteiger partial charge in [0.25, 0.3) is 0 Å². The molecule has 0 aliphatic carbocycles. The summed E-state index contributed by atoms with van der Waals surface area (Å²) in [5, 5.41) is 11.6. The SMILES string of the molecule is COc1cccc(CCCc2ccc(NC(=O)Cc3cnc(C#N)cn3)c(OC)c2)c1. The van der Waals surface area contributed by atoms with Crippen molar-refractivity contribution in [3.8, 4) is 17.6 Å². The van der Waals surface area contributed by atoms with Crippen LogP contribution in [0, 0.1) is 11.3 Å². The summed E-state index contributed by atoms with van der Waals surface area (Å²) in [5.41, 5.74) is 3.68. The minimum Gasteiger partial charge on any atom is -0.497 e. The minimum absolute atomic E-state index is 0.0597. The van der Waals surface area contributed by atoms with Crippen molar-refractivity contribution in [3.05, 3.63) is 77.4 Å². The summed E-state index contributed by atoms with van der Waals surface area (Å²) in [5.74, 6) is 1.24. The van der Waals surface area contributed by atoms with Gasteiger partial charge in [-0.2, -0.15) is 5.26 Å². The lowest BCUT2D eigenvalue weighted by atomic mass is 10.0. The van der Waals surface area contributed by atoms with Crippen LogP contribution < -0.4 is 14.8 Å². The fourth-order valence-corrected chi connectivity index (χ4v) is 3.18. The Morgan fingerprint density at radius 3 is 2.52 bits per heavy atom. The van der Waals surface area contributed by atoms with Crippen molar-refractivity contribution in [1.82, 2.24) is 9.97 Å². The van der Waals surface area contributed by atoms with Crippen LogP contribution >= 0.6 is 0 Å². The number of nitrogens with zero attached hydrogens (tertiary/aromatic N) is 3. The molecule has 1 amide bonds. The predicted molar refractivity (Wildman–Crippen MR) is 117 cm³/mol. The van der Waals surface area contributed by atoms with Crippen molar-refractivity contribution in [2.45, 2.75) is 25.7 Å². The fraction of sp³-hybridized carbons (Fsp3) is 0.250. The molecule has 31 heavy (non-hydrogen) atoms. The van der Waals surface area contributed by atoms with E-state index in [9.17, 15) is 4.79 Å². The van der Waals surface area contributed by atoms with Crippen molar-refractivity contribution in [2.24, 2.45) is 0 Å². The molecule has 1 aromatic heterocycles. The van der Waals surface area contributed by atoms with Gasteiger partial charge < -0.3 is 14.8 Å². The largest absolute Gasteiger partial charge is 0.497 e. The lowest BCUT2D eigenvalue weighted by Gasteiger charge is -2.12. The highest BCUT2D eigenvalue weighted by Gasteiger charge is 2.11. The number of ether oxygens (including phenoxy) is 2. The van der Waals surface area contributed by atoms with Crippen LogP contribution in [0.4, 0.5) is 5.69 Å². The van der Waals surface area contributed by atoms with Crippen LogP contribution in [0.25, 0.3) is 0 Å². The Kier molecular flexibility index (Phi) is 7.55. The van der Waals surface area contributed by atoms with E-state index < -0.39 is 0 Å². The number of benzene rings is 2. The summed E-state index contributed by atoms with van der Waals surface area (Å²) in [6, 6.07) is 15.8. The van der Waals surface area contributed by atoms with Crippen LogP contribution in [0.2, 0.25) is 0 Å². The first kappa shape index (κ1) is 21.8. The molecule has 0 aliphatic rings. The number of nitriles is 1. The van der Waals surface area contributed by atoms with Gasteiger partial charge in [0.15, 0.2) is 5.69 Å². The summed E-state index contributed by atoms with van der Waals surface area (Å²) in [6.45, 7) is 0. The third-order valence-electron chi connectivity index (χ3n) is 4.77. The van der Waals surface area contributed by atoms with Crippen molar-refractivity contribution >= 4 is 11.6 Å². The first-order valence-electron chi connectivity index (χ1n) is 9.92. The Bertz CT molecular complexity index is 1070. The number of rotatable bonds is 9. The highest BCUT2D eigenvalue weighted by atomic mass is 16.5. The van der Waals surface area contributed by atoms with Gasteiger partial charge in [-0.3, -0.25) is 9.78 Å². The lowest BCUT2D eigenvalue weighted by Crippen LogP contribution is -2.16. The van der Waals surface area contributed by atoms with Gasteiger partial charge >= 0.3 is 0 Å². The monoisotopic (exact) mass is 416 g/mol. The second-order valence-electron chi connectivity index (χ2n) is 6.97. The van der Waals surface area contributed by atoms with Gasteiger partial charge in [-0.15, -0.1) is 0 Å². The molecule has 0 saturated heterocycles. The molecular weight excluding hydrogens is 392 g/mol. The van der Waals surface area contributed by atoms with Gasteiger partial charge in [-0.25, -0.2) is 4.98 Å². The Morgan fingerprint density at radius 1 is 1.03 bits per heavy atom. The van der Waals surface area contributed by atoms with Gasteiger partial charge in [0.2, 0.25) is 5.91 Å². The fourth-order valence-electron chi connectivity index (χ4n) is 3.18. The maximum Gasteiger partial charge on any atom is 0.230 e. The predicted octanol–water partition coefficient (Wildman–Crippen LogP) is 3.72. The molecule has 0 atom stereocenters. The summed E-state index contributed by atoms with van der Waals surface area (Å²) < 4.78 is 10.7. The zero-order valence-electron chi connectivity index (χ0n) is 17.6. The molecule has 0 aliphatic heterocycles. The van der Waals surface area contributed by atoms with Crippen molar-refractivity contribution < 1.29 is 14.3 Å². The third kappa shape index (κ3) is 6.28. The molecule has 0 saturated carbocycles. The first-order chi connectivity index (χ1) is 15.1. The van der Waals surface area contributed by atoms with Crippen LogP contribution in [0.3, 0.4) is 0 Å². The number of aromatic nitrogens is 2. The van der Waals surface area contributed by atoms with Crippen LogP contribution in [-0.2, 0) is 24.1 Å². The van der Waals surface area contributed by atoms with Gasteiger partial charge in [-0.05, 0) is 54.7 Å². The number of nitrogens with one attached hydrogen (secondary N) is 1. The number of methoxy groups -OCH3 is 2. The van der Waals surface area contributed by atoms with Crippen LogP contribution in [-0.4, -0.2) is 30.1 Å². The van der Waals surface area contributed by atoms with E-state index in [-0.39, 0.29) is 18.0 Å². The zero-order valence-corrected chi connectivity index (χ0v) is 17.6. The number of carbonyl (C=O) groups is 1. The van der Waals surface area contributed by atoms with E-state index >= 15 is 0 Å². The summed E-state index contributed by atoms with van der Waals surface area (Å²) >= 11 is 0. The van der Waals surface area contributed by atoms with E-state index in [1.165, 1.54) is 18.0 Å². The standard InChI is InChI=1S/C24H24N4O3/c1-30-21-8-4-7-17(11-21)5-3-6-18-9-10-22(23(12-18)31-2)28-24(29)13-19-15-27-20(14-25)16-26-19/h4,7-12,15-16H,3,5-6,13H2,1-2H3,(H,28,29). The highest BCUT2D eigenvalue weighted by Crippen LogP contribution is 2.26. The number of anilines is 1. The number of amides is 1. The molecule has 3 aromatic rings. The molecule has 0 fully saturated rings. The van der Waals surface area contributed by atoms with Gasteiger partial charge in [0.05, 0.1) is 44.4 Å². The number of hydrogen-bond acceptors (Lipinski definition) is 6. The van der Waals surface area contributed by atoms with Crippen LogP contribution in [0.5, 0.6) is 11.5 Å². The van der Waals surface area contributed by atoms with Gasteiger partial charge in [-0.1, -0.05) is 18.2 Å². The molecule has 1 N–H and O–H groups in total. The number of hydrogen-bond donors (Lipinski definition) is 1. The van der Waals surface area contributed by atoms with Crippen molar-refractivity contribution in [2.75, 3.05) is 19.5 Å². The van der Waals surface area contributed by atoms with E-state index in [4.69, 9.17) is 14.7 Å². The Balaban J connectivity index is 1.57. The van der Waals surface area contributed by atoms with Crippen LogP contribution in [0.15, 0.2) is 54.9 Å². The molecule has 2 aromatic carbocycles. The van der Waals surface area contributed by atoms with E-state index in [1.807, 2.05) is 36.4 Å². The Morgan fingerprint density at radius 2 is 1.84 bits per heavy atom. The lowest BCUT2D eigenvalue weighted by molar-refractivity contribution is -0.115. The third-order valence-corrected chi connectivity index (χ3v) is 4.77. The van der Waals surface area contributed by atoms with E-state index in [0.717, 1.165) is 30.6 Å². The summed E-state index contributed by atoms with van der Waals surface area (Å²) in [7, 11) is 3.25. The van der Waals surface area contributed by atoms with Gasteiger partial charge in [0.1, 0.15) is 17.6 Å². The zero-order chi connectivity index (χ0) is 22.1. The maximum atomic E-state index is 12.4. The van der Waals surface area contributed by atoms with Crippen molar-refractivity contribution in [3.63, 3.8) is 0 Å². The molecule has 7 nitrogen and oxygen atoms in total. The smallest absolute Gasteiger partial charge is 0.230 e. The van der Waals surface area contributed by atoms with E-state index in [2.05, 4.69) is 27.4 Å². The quantitative estimate of drug-likeness (QED) is 0.571. The van der Waals surface area contributed by atoms with Crippen molar-refractivity contribution in [1.29, 1.82) is 5.26 Å². The molecule has 0 radical (unpaired) electrons.